The van der Waals surface area contributed by atoms with Crippen LogP contribution in [0.5, 0.6) is 0 Å². The molecule has 2 aliphatic rings. The van der Waals surface area contributed by atoms with Crippen LogP contribution in [0.4, 0.5) is 0 Å². The molecule has 0 spiro atoms. The number of nitrogens with zero attached hydrogens (tertiary/aromatic N) is 2. The van der Waals surface area contributed by atoms with Crippen LogP contribution >= 0.6 is 0 Å². The zero-order valence-electron chi connectivity index (χ0n) is 33.9. The molecule has 0 N–H and O–H groups in total. The Kier molecular flexibility index (Phi) is 8.41. The summed E-state index contributed by atoms with van der Waals surface area (Å²) < 4.78 is 4.74. The Morgan fingerprint density at radius 1 is 0.419 bits per heavy atom. The minimum atomic E-state index is -0.108. The predicted octanol–water partition coefficient (Wildman–Crippen LogP) is 8.35. The molecule has 0 amide bonds. The van der Waals surface area contributed by atoms with Crippen LogP contribution in [0.15, 0.2) is 170 Å². The number of benzene rings is 8. The number of hydrogen-bond donors (Lipinski definition) is 0. The topological polar surface area (TPSA) is 9.86 Å². The average Bonchev–Trinajstić information content (AvgIpc) is 3.97. The Balaban J connectivity index is 1.02. The summed E-state index contributed by atoms with van der Waals surface area (Å²) in [7, 11) is 31.8. The molecule has 278 valence electrons. The lowest BCUT2D eigenvalue weighted by molar-refractivity contribution is 0.862. The van der Waals surface area contributed by atoms with Crippen LogP contribution in [0, 0.1) is 0 Å². The molecular formula is C55H33B5N2. The van der Waals surface area contributed by atoms with Gasteiger partial charge in [-0.05, 0) is 124 Å². The smallest absolute Gasteiger partial charge is 0.113 e. The van der Waals surface area contributed by atoms with Crippen molar-refractivity contribution in [2.45, 2.75) is 18.8 Å². The molecule has 0 aliphatic heterocycles. The van der Waals surface area contributed by atoms with Gasteiger partial charge in [0.2, 0.25) is 0 Å². The van der Waals surface area contributed by atoms with Crippen molar-refractivity contribution in [3.63, 3.8) is 0 Å². The Hall–Kier alpha value is -6.84. The third-order valence-electron chi connectivity index (χ3n) is 13.4. The van der Waals surface area contributed by atoms with E-state index in [-0.39, 0.29) is 22.3 Å². The Bertz CT molecular complexity index is 3560. The van der Waals surface area contributed by atoms with Crippen molar-refractivity contribution in [1.29, 1.82) is 0 Å². The van der Waals surface area contributed by atoms with Crippen LogP contribution in [-0.4, -0.2) is 48.4 Å². The van der Waals surface area contributed by atoms with Gasteiger partial charge in [-0.1, -0.05) is 109 Å². The van der Waals surface area contributed by atoms with Gasteiger partial charge < -0.3 is 9.13 Å². The molecule has 10 aromatic rings. The minimum Gasteiger partial charge on any atom is -0.310 e. The van der Waals surface area contributed by atoms with Gasteiger partial charge in [-0.3, -0.25) is 0 Å². The number of fused-ring (bicyclic) bond motifs is 9. The molecule has 0 saturated carbocycles. The molecule has 10 radical (unpaired) electrons. The molecule has 62 heavy (non-hydrogen) atoms. The van der Waals surface area contributed by atoms with Gasteiger partial charge in [-0.15, -0.1) is 27.3 Å². The third kappa shape index (κ3) is 5.57. The molecule has 1 unspecified atom stereocenters. The first-order valence-corrected chi connectivity index (χ1v) is 21.1. The number of hydrogen-bond acceptors (Lipinski definition) is 0. The van der Waals surface area contributed by atoms with Gasteiger partial charge in [0.15, 0.2) is 0 Å². The highest BCUT2D eigenvalue weighted by Gasteiger charge is 2.23. The lowest BCUT2D eigenvalue weighted by atomic mass is 9.58. The minimum absolute atomic E-state index is 0.108. The quantitative estimate of drug-likeness (QED) is 0.156. The van der Waals surface area contributed by atoms with Crippen LogP contribution in [0.2, 0.25) is 0 Å². The van der Waals surface area contributed by atoms with Crippen molar-refractivity contribution < 1.29 is 0 Å². The molecule has 0 fully saturated rings. The SMILES string of the molecule is [B]c1c([B])c([B])c(C2C=CC(n3c4ccc(-c5ccc6c(c5)-c5ccccc5C6)cc4c4cc(-c5ccc6c(c5)c5ccccc5n6-c5ccccc5)ccc43)=CC2)c([B])c1[B]. The van der Waals surface area contributed by atoms with E-state index in [2.05, 4.69) is 179 Å². The van der Waals surface area contributed by atoms with Gasteiger partial charge in [0.25, 0.3) is 0 Å². The predicted molar refractivity (Wildman–Crippen MR) is 267 cm³/mol. The Labute approximate surface area is 367 Å². The second-order valence-corrected chi connectivity index (χ2v) is 16.7. The second-order valence-electron chi connectivity index (χ2n) is 16.7. The van der Waals surface area contributed by atoms with Crippen molar-refractivity contribution in [3.8, 4) is 39.1 Å². The fourth-order valence-corrected chi connectivity index (χ4v) is 10.2. The van der Waals surface area contributed by atoms with E-state index < -0.39 is 0 Å². The zero-order chi connectivity index (χ0) is 41.8. The molecule has 2 heterocycles. The van der Waals surface area contributed by atoms with Crippen molar-refractivity contribution in [3.05, 3.63) is 187 Å². The summed E-state index contributed by atoms with van der Waals surface area (Å²) in [6.45, 7) is 0. The maximum Gasteiger partial charge on any atom is 0.113 e. The molecule has 2 nitrogen and oxygen atoms in total. The van der Waals surface area contributed by atoms with E-state index in [0.29, 0.717) is 17.3 Å². The van der Waals surface area contributed by atoms with Gasteiger partial charge in [0.05, 0.1) is 22.1 Å². The highest BCUT2D eigenvalue weighted by molar-refractivity contribution is 6.67. The van der Waals surface area contributed by atoms with E-state index in [1.165, 1.54) is 71.5 Å². The van der Waals surface area contributed by atoms with Crippen molar-refractivity contribution in [1.82, 2.24) is 9.13 Å². The highest BCUT2D eigenvalue weighted by Crippen LogP contribution is 2.43. The van der Waals surface area contributed by atoms with Gasteiger partial charge in [0, 0.05) is 38.8 Å². The summed E-state index contributed by atoms with van der Waals surface area (Å²) >= 11 is 0. The number of rotatable bonds is 5. The summed E-state index contributed by atoms with van der Waals surface area (Å²) in [6, 6.07) is 55.7. The van der Waals surface area contributed by atoms with E-state index in [9.17, 15) is 0 Å². The Morgan fingerprint density at radius 2 is 0.935 bits per heavy atom. The Morgan fingerprint density at radius 3 is 1.60 bits per heavy atom. The summed E-state index contributed by atoms with van der Waals surface area (Å²) in [5, 5.41) is 4.82. The normalized spacial score (nSPS) is 14.5. The van der Waals surface area contributed by atoms with Crippen LogP contribution in [0.25, 0.3) is 88.4 Å². The van der Waals surface area contributed by atoms with Crippen molar-refractivity contribution in [2.24, 2.45) is 0 Å². The first-order chi connectivity index (χ1) is 30.3. The van der Waals surface area contributed by atoms with Crippen LogP contribution in [0.3, 0.4) is 0 Å². The summed E-state index contributed by atoms with van der Waals surface area (Å²) in [5.74, 6) is -0.108. The van der Waals surface area contributed by atoms with Crippen LogP contribution < -0.4 is 27.3 Å². The molecule has 0 bridgehead atoms. The fraction of sp³-hybridized carbons (Fsp3) is 0.0545. The second kappa shape index (κ2) is 14.1. The fourth-order valence-electron chi connectivity index (χ4n) is 10.2. The van der Waals surface area contributed by atoms with E-state index in [0.717, 1.165) is 40.0 Å². The van der Waals surface area contributed by atoms with E-state index >= 15 is 0 Å². The standard InChI is InChI=1S/C55H33B5N2/c56-51-50(52(57)54(59)55(60)53(51)58)31-16-21-39(22-17-31)62-48-24-19-34(32-14-15-37-26-36-8-4-5-11-40(36)42(37)27-32)29-44(48)45-30-35(20-25-49(45)62)33-18-23-47-43(28-33)41-12-6-7-13-46(41)61(47)38-9-2-1-3-10-38/h1-16,18-25,27-31H,17,26H2. The third-order valence-corrected chi connectivity index (χ3v) is 13.4. The molecule has 12 rings (SSSR count). The summed E-state index contributed by atoms with van der Waals surface area (Å²) in [4.78, 5) is 0. The van der Waals surface area contributed by atoms with Crippen molar-refractivity contribution >= 4 is 116 Å². The van der Waals surface area contributed by atoms with Gasteiger partial charge >= 0.3 is 0 Å². The molecule has 2 aromatic heterocycles. The summed E-state index contributed by atoms with van der Waals surface area (Å²) in [6.07, 6.45) is 8.19. The largest absolute Gasteiger partial charge is 0.310 e. The first kappa shape index (κ1) is 37.0. The van der Waals surface area contributed by atoms with E-state index in [1.54, 1.807) is 0 Å². The van der Waals surface area contributed by atoms with Gasteiger partial charge in [-0.25, -0.2) is 0 Å². The van der Waals surface area contributed by atoms with Crippen molar-refractivity contribution in [2.75, 3.05) is 0 Å². The van der Waals surface area contributed by atoms with Crippen LogP contribution in [0.1, 0.15) is 29.0 Å². The molecule has 8 aromatic carbocycles. The number of allylic oxidation sites excluding steroid dienone is 4. The first-order valence-electron chi connectivity index (χ1n) is 21.1. The van der Waals surface area contributed by atoms with E-state index in [4.69, 9.17) is 39.2 Å². The monoisotopic (exact) mass is 776 g/mol. The van der Waals surface area contributed by atoms with E-state index in [1.807, 2.05) is 0 Å². The maximum atomic E-state index is 6.52. The number of aromatic nitrogens is 2. The summed E-state index contributed by atoms with van der Waals surface area (Å²) in [5.41, 5.74) is 19.3. The lowest BCUT2D eigenvalue weighted by Gasteiger charge is -2.27. The average molecular weight is 776 g/mol. The lowest BCUT2D eigenvalue weighted by Crippen LogP contribution is -2.56. The van der Waals surface area contributed by atoms with Crippen LogP contribution in [-0.2, 0) is 6.42 Å². The number of para-hydroxylation sites is 2. The molecule has 2 aliphatic carbocycles. The highest BCUT2D eigenvalue weighted by atomic mass is 15.0. The molecule has 7 heteroatoms. The van der Waals surface area contributed by atoms with Gasteiger partial charge in [0.1, 0.15) is 39.2 Å². The molecule has 0 saturated heterocycles. The molecular weight excluding hydrogens is 743 g/mol. The molecule has 1 atom stereocenters. The zero-order valence-corrected chi connectivity index (χ0v) is 33.9. The van der Waals surface area contributed by atoms with Gasteiger partial charge in [-0.2, -0.15) is 0 Å². The maximum absolute atomic E-state index is 6.52.